The Balaban J connectivity index is 2.12. The first kappa shape index (κ1) is 15.5. The second kappa shape index (κ2) is 6.10. The van der Waals surface area contributed by atoms with Crippen molar-refractivity contribution in [2.75, 3.05) is 0 Å². The summed E-state index contributed by atoms with van der Waals surface area (Å²) in [5.74, 6) is 0.585. The molecular weight excluding hydrogens is 330 g/mol. The molecule has 2 aromatic rings. The van der Waals surface area contributed by atoms with Gasteiger partial charge < -0.3 is 4.42 Å². The Morgan fingerprint density at radius 3 is 2.60 bits per heavy atom. The summed E-state index contributed by atoms with van der Waals surface area (Å²) >= 11 is 4.68. The lowest BCUT2D eigenvalue weighted by Crippen LogP contribution is -2.00. The predicted octanol–water partition coefficient (Wildman–Crippen LogP) is 5.61. The third kappa shape index (κ3) is 2.68. The quantitative estimate of drug-likeness (QED) is 0.270. The van der Waals surface area contributed by atoms with E-state index in [1.165, 1.54) is 6.07 Å². The molecule has 3 nitrogen and oxygen atoms in total. The molecule has 0 atom stereocenters. The molecule has 0 fully saturated rings. The van der Waals surface area contributed by atoms with Crippen LogP contribution < -0.4 is 5.43 Å². The molecular formula is C21H13NO2S. The van der Waals surface area contributed by atoms with Crippen molar-refractivity contribution in [1.82, 2.24) is 0 Å². The maximum Gasteiger partial charge on any atom is 0.182 e. The Morgan fingerprint density at radius 2 is 1.80 bits per heavy atom. The molecule has 0 aromatic heterocycles. The third-order valence-corrected chi connectivity index (χ3v) is 4.34. The van der Waals surface area contributed by atoms with Crippen molar-refractivity contribution in [2.24, 2.45) is 4.99 Å². The number of aryl methyl sites for hydroxylation is 1. The molecule has 1 heterocycles. The zero-order valence-electron chi connectivity index (χ0n) is 13.4. The minimum absolute atomic E-state index is 0.0696. The summed E-state index contributed by atoms with van der Waals surface area (Å²) in [6.45, 7) is 2.03. The lowest BCUT2D eigenvalue weighted by atomic mass is 9.91. The second-order valence-corrected chi connectivity index (χ2v) is 6.02. The number of nitrogens with zero attached hydrogens (tertiary/aromatic N) is 1. The summed E-state index contributed by atoms with van der Waals surface area (Å²) in [6, 6.07) is 18.7. The average Bonchev–Trinajstić information content (AvgIpc) is 2.60. The summed E-state index contributed by atoms with van der Waals surface area (Å²) < 4.78 is 5.95. The van der Waals surface area contributed by atoms with E-state index in [0.29, 0.717) is 5.76 Å². The number of para-hydroxylation sites is 1. The molecule has 0 radical (unpaired) electrons. The highest BCUT2D eigenvalue weighted by Crippen LogP contribution is 2.41. The van der Waals surface area contributed by atoms with Gasteiger partial charge in [0.1, 0.15) is 11.3 Å². The Morgan fingerprint density at radius 1 is 1.00 bits per heavy atom. The summed E-state index contributed by atoms with van der Waals surface area (Å²) in [4.78, 5) is 15.8. The first-order chi connectivity index (χ1) is 12.2. The molecule has 2 aromatic carbocycles. The van der Waals surface area contributed by atoms with Crippen LogP contribution in [-0.2, 0) is 0 Å². The molecule has 0 N–H and O–H groups in total. The Kier molecular flexibility index (Phi) is 3.77. The normalized spacial score (nSPS) is 10.8. The van der Waals surface area contributed by atoms with Crippen molar-refractivity contribution in [1.29, 1.82) is 0 Å². The molecule has 0 bridgehead atoms. The number of aliphatic imine (C=N–C) groups is 1. The zero-order valence-corrected chi connectivity index (χ0v) is 14.3. The summed E-state index contributed by atoms with van der Waals surface area (Å²) in [5.41, 5.74) is 5.54. The van der Waals surface area contributed by atoms with E-state index in [1.807, 2.05) is 55.5 Å². The highest BCUT2D eigenvalue weighted by molar-refractivity contribution is 7.78. The molecule has 4 heteroatoms. The molecule has 0 saturated carbocycles. The summed E-state index contributed by atoms with van der Waals surface area (Å²) in [7, 11) is 0. The molecule has 0 saturated heterocycles. The molecule has 1 aliphatic heterocycles. The van der Waals surface area contributed by atoms with Crippen LogP contribution in [0.3, 0.4) is 0 Å². The van der Waals surface area contributed by atoms with Gasteiger partial charge in [-0.05, 0) is 60.6 Å². The topological polar surface area (TPSA) is 42.6 Å². The fourth-order valence-corrected chi connectivity index (χ4v) is 3.27. The highest BCUT2D eigenvalue weighted by Gasteiger charge is 2.18. The van der Waals surface area contributed by atoms with Gasteiger partial charge in [-0.2, -0.15) is 4.99 Å². The molecule has 0 amide bonds. The van der Waals surface area contributed by atoms with Crippen molar-refractivity contribution in [2.45, 2.75) is 6.92 Å². The van der Waals surface area contributed by atoms with E-state index < -0.39 is 0 Å². The molecule has 4 rings (SSSR count). The molecule has 0 spiro atoms. The van der Waals surface area contributed by atoms with Crippen LogP contribution in [0.1, 0.15) is 5.56 Å². The van der Waals surface area contributed by atoms with E-state index in [0.717, 1.165) is 38.9 Å². The fraction of sp³-hybridized carbons (Fsp3) is 0.0476. The van der Waals surface area contributed by atoms with Crippen LogP contribution in [0, 0.1) is 6.92 Å². The van der Waals surface area contributed by atoms with Gasteiger partial charge in [-0.1, -0.05) is 24.3 Å². The van der Waals surface area contributed by atoms with Gasteiger partial charge in [0.25, 0.3) is 0 Å². The van der Waals surface area contributed by atoms with Gasteiger partial charge in [-0.15, -0.1) is 0 Å². The van der Waals surface area contributed by atoms with Crippen molar-refractivity contribution in [3.05, 3.63) is 76.5 Å². The van der Waals surface area contributed by atoms with E-state index in [2.05, 4.69) is 22.4 Å². The molecule has 2 aliphatic rings. The van der Waals surface area contributed by atoms with Crippen LogP contribution >= 0.6 is 12.2 Å². The van der Waals surface area contributed by atoms with Crippen LogP contribution in [0.2, 0.25) is 0 Å². The van der Waals surface area contributed by atoms with Crippen LogP contribution in [0.5, 0.6) is 0 Å². The van der Waals surface area contributed by atoms with Crippen molar-refractivity contribution in [3.63, 3.8) is 0 Å². The third-order valence-electron chi connectivity index (χ3n) is 4.25. The van der Waals surface area contributed by atoms with Gasteiger partial charge in [-0.25, -0.2) is 0 Å². The largest absolute Gasteiger partial charge is 0.456 e. The Labute approximate surface area is 149 Å². The number of isothiocyanates is 1. The van der Waals surface area contributed by atoms with Gasteiger partial charge in [-0.3, -0.25) is 4.79 Å². The second-order valence-electron chi connectivity index (χ2n) is 5.83. The minimum Gasteiger partial charge on any atom is -0.456 e. The van der Waals surface area contributed by atoms with E-state index >= 15 is 0 Å². The van der Waals surface area contributed by atoms with Crippen LogP contribution in [0.4, 0.5) is 5.69 Å². The first-order valence-electron chi connectivity index (χ1n) is 7.82. The Hall–Kier alpha value is -3.07. The number of fused-ring (bicyclic) bond motifs is 2. The van der Waals surface area contributed by atoms with E-state index in [9.17, 15) is 4.79 Å². The average molecular weight is 343 g/mol. The van der Waals surface area contributed by atoms with Gasteiger partial charge in [0, 0.05) is 22.6 Å². The van der Waals surface area contributed by atoms with Gasteiger partial charge in [0.05, 0.1) is 10.8 Å². The fourth-order valence-electron chi connectivity index (χ4n) is 3.16. The van der Waals surface area contributed by atoms with E-state index in [4.69, 9.17) is 4.42 Å². The van der Waals surface area contributed by atoms with Crippen molar-refractivity contribution in [3.8, 4) is 22.5 Å². The lowest BCUT2D eigenvalue weighted by molar-refractivity contribution is 0.619. The number of benzene rings is 3. The van der Waals surface area contributed by atoms with Crippen molar-refractivity contribution >= 4 is 34.0 Å². The van der Waals surface area contributed by atoms with Crippen LogP contribution in [0.15, 0.2) is 74.9 Å². The highest BCUT2D eigenvalue weighted by atomic mass is 32.1. The van der Waals surface area contributed by atoms with Crippen molar-refractivity contribution < 1.29 is 4.42 Å². The van der Waals surface area contributed by atoms with Gasteiger partial charge in [0.15, 0.2) is 5.43 Å². The molecule has 1 aliphatic carbocycles. The molecule has 0 unspecified atom stereocenters. The molecule has 25 heavy (non-hydrogen) atoms. The minimum atomic E-state index is -0.0696. The summed E-state index contributed by atoms with van der Waals surface area (Å²) in [6.07, 6.45) is 0. The zero-order chi connectivity index (χ0) is 17.4. The number of hydrogen-bond donors (Lipinski definition) is 0. The molecule has 120 valence electrons. The Bertz CT molecular complexity index is 1190. The monoisotopic (exact) mass is 343 g/mol. The van der Waals surface area contributed by atoms with Crippen LogP contribution in [0.25, 0.3) is 33.4 Å². The van der Waals surface area contributed by atoms with E-state index in [1.54, 1.807) is 6.07 Å². The van der Waals surface area contributed by atoms with Gasteiger partial charge in [0.2, 0.25) is 0 Å². The predicted molar refractivity (Wildman–Crippen MR) is 104 cm³/mol. The smallest absolute Gasteiger partial charge is 0.182 e. The SMILES string of the molecule is Cc1cc(N=C=S)ccc1-c1c2ccc(=O)cc-2oc2ccccc12. The van der Waals surface area contributed by atoms with E-state index in [-0.39, 0.29) is 5.43 Å². The summed E-state index contributed by atoms with van der Waals surface area (Å²) in [5, 5.41) is 3.40. The van der Waals surface area contributed by atoms with Crippen LogP contribution in [-0.4, -0.2) is 5.16 Å². The first-order valence-corrected chi connectivity index (χ1v) is 8.23. The number of thiocarbonyl (C=S) groups is 1. The maximum absolute atomic E-state index is 11.8. The number of rotatable bonds is 2. The maximum atomic E-state index is 11.8. The number of hydrogen-bond acceptors (Lipinski definition) is 4. The standard InChI is InChI=1S/C21H13NO2S/c1-13-10-14(22-12-25)6-8-16(13)21-17-4-2-3-5-19(17)24-20-11-15(23)7-9-18(20)21/h2-11H,1H3. The van der Waals surface area contributed by atoms with Gasteiger partial charge >= 0.3 is 0 Å². The lowest BCUT2D eigenvalue weighted by Gasteiger charge is -2.16.